The zero-order valence-electron chi connectivity index (χ0n) is 7.65. The van der Waals surface area contributed by atoms with E-state index in [1.54, 1.807) is 6.92 Å². The Morgan fingerprint density at radius 2 is 1.33 bits per heavy atom. The second-order valence-electron chi connectivity index (χ2n) is 1.89. The van der Waals surface area contributed by atoms with Crippen LogP contribution in [0.2, 0.25) is 0 Å². The third-order valence-corrected chi connectivity index (χ3v) is 0.577. The van der Waals surface area contributed by atoms with Crippen LogP contribution in [0.4, 0.5) is 0 Å². The Balaban J connectivity index is -0.0000000606. The number of hydrogen-bond donors (Lipinski definition) is 0. The Bertz CT molecular complexity index is 136. The zero-order chi connectivity index (χ0) is 12.1. The first kappa shape index (κ1) is 23.7. The van der Waals surface area contributed by atoms with Gasteiger partial charge in [-0.2, -0.15) is 6.54 Å². The van der Waals surface area contributed by atoms with E-state index in [1.807, 2.05) is 0 Å². The van der Waals surface area contributed by atoms with Crippen LogP contribution in [0.1, 0.15) is 13.3 Å². The van der Waals surface area contributed by atoms with Crippen LogP contribution in [-0.4, -0.2) is 22.8 Å². The first-order valence-electron chi connectivity index (χ1n) is 3.22. The molecule has 0 spiro atoms. The Morgan fingerprint density at radius 3 is 1.33 bits per heavy atom. The summed E-state index contributed by atoms with van der Waals surface area (Å²) in [4.78, 5) is 16.5. The molecular weight excluding hydrogens is 395 g/mol. The van der Waals surface area contributed by atoms with Gasteiger partial charge in [-0.15, -0.1) is 6.04 Å². The summed E-state index contributed by atoms with van der Waals surface area (Å²) in [6, 6.07) is -0.0394. The monoisotopic (exact) mass is 405 g/mol. The predicted molar refractivity (Wildman–Crippen MR) is 48.3 cm³/mol. The Morgan fingerprint density at radius 1 is 1.13 bits per heavy atom. The molecule has 0 aromatic carbocycles. The average Bonchev–Trinajstić information content (AvgIpc) is 1.82. The van der Waals surface area contributed by atoms with Crippen molar-refractivity contribution in [2.75, 3.05) is 6.54 Å². The van der Waals surface area contributed by atoms with Crippen LogP contribution in [0.25, 0.3) is 11.5 Å². The van der Waals surface area contributed by atoms with E-state index in [4.69, 9.17) is 42.1 Å². The van der Waals surface area contributed by atoms with Crippen molar-refractivity contribution >= 4 is 0 Å². The van der Waals surface area contributed by atoms with Crippen molar-refractivity contribution in [2.24, 2.45) is 0 Å². The topological polar surface area (TPSA) is 180 Å². The van der Waals surface area contributed by atoms with Crippen LogP contribution in [0, 0.1) is 30.6 Å². The van der Waals surface area contributed by atoms with Gasteiger partial charge in [0.15, 0.2) is 0 Å². The fourth-order valence-electron chi connectivity index (χ4n) is 0.217. The van der Waals surface area contributed by atoms with Gasteiger partial charge in [0.1, 0.15) is 0 Å². The minimum Gasteiger partial charge on any atom is -0.677 e. The molecule has 1 atom stereocenters. The van der Waals surface area contributed by atoms with Gasteiger partial charge < -0.3 is 42.1 Å². The molecule has 0 fully saturated rings. The van der Waals surface area contributed by atoms with Crippen molar-refractivity contribution < 1.29 is 31.2 Å². The molecule has 0 rings (SSSR count). The molecule has 1 unspecified atom stereocenters. The quantitative estimate of drug-likeness (QED) is 0.494. The van der Waals surface area contributed by atoms with Crippen LogP contribution in [0.5, 0.6) is 0 Å². The van der Waals surface area contributed by atoms with E-state index < -0.39 is 10.2 Å². The Kier molecular flexibility index (Phi) is 29.5. The first-order valence-corrected chi connectivity index (χ1v) is 3.22. The smallest absolute Gasteiger partial charge is 0.677 e. The van der Waals surface area contributed by atoms with Crippen LogP contribution in [0.15, 0.2) is 0 Å². The van der Waals surface area contributed by atoms with Gasteiger partial charge in [0.2, 0.25) is 0 Å². The summed E-state index contributed by atoms with van der Waals surface area (Å²) < 4.78 is 0. The van der Waals surface area contributed by atoms with E-state index in [1.165, 1.54) is 0 Å². The van der Waals surface area contributed by atoms with Crippen LogP contribution < -0.4 is 0 Å². The van der Waals surface area contributed by atoms with Gasteiger partial charge in [0, 0.05) is 0 Å². The van der Waals surface area contributed by atoms with Gasteiger partial charge in [-0.25, -0.2) is 0 Å². The molecule has 0 amide bonds. The maximum absolute atomic E-state index is 8.25. The second-order valence-corrected chi connectivity index (χ2v) is 1.89. The molecule has 11 heteroatoms. The summed E-state index contributed by atoms with van der Waals surface area (Å²) in [6.07, 6.45) is 0.708. The van der Waals surface area contributed by atoms with E-state index in [0.29, 0.717) is 13.0 Å². The minimum atomic E-state index is -1.75. The molecule has 0 bridgehead atoms. The van der Waals surface area contributed by atoms with Crippen LogP contribution in [0.3, 0.4) is 0 Å². The molecule has 0 aromatic rings. The fourth-order valence-corrected chi connectivity index (χ4v) is 0.217. The Hall–Kier alpha value is -0.992. The summed E-state index contributed by atoms with van der Waals surface area (Å²) in [5, 5.41) is 29.5. The van der Waals surface area contributed by atoms with Crippen molar-refractivity contribution in [3.05, 3.63) is 42.1 Å². The molecule has 0 radical (unpaired) electrons. The molecule has 0 saturated carbocycles. The standard InChI is InChI=1S/C4H10N2.2NO3.Pt/c1-4(6)2-3-5;2*2-1(3)4;/h4-6H,2-3H2,1H3;;;/q-2;2*-1;+4. The maximum Gasteiger partial charge on any atom is 4.00 e. The van der Waals surface area contributed by atoms with E-state index in [0.717, 1.165) is 0 Å². The normalized spacial score (nSPS) is 9.00. The third-order valence-electron chi connectivity index (χ3n) is 0.577. The number of hydrogen-bond acceptors (Lipinski definition) is 6. The number of nitrogens with one attached hydrogen (secondary N) is 2. The second kappa shape index (κ2) is 18.7. The van der Waals surface area contributed by atoms with Gasteiger partial charge in [-0.3, -0.25) is 0 Å². The molecular formula is C4H10N4O6Pt. The van der Waals surface area contributed by atoms with Crippen molar-refractivity contribution in [1.29, 1.82) is 0 Å². The summed E-state index contributed by atoms with van der Waals surface area (Å²) in [7, 11) is 0. The Labute approximate surface area is 99.7 Å². The molecule has 0 aromatic heterocycles. The molecule has 0 aliphatic carbocycles. The van der Waals surface area contributed by atoms with Crippen LogP contribution >= 0.6 is 0 Å². The molecule has 0 aliphatic heterocycles. The van der Waals surface area contributed by atoms with Crippen molar-refractivity contribution in [3.63, 3.8) is 0 Å². The third kappa shape index (κ3) is 391. The molecule has 92 valence electrons. The first-order chi connectivity index (χ1) is 6.23. The summed E-state index contributed by atoms with van der Waals surface area (Å²) in [6.45, 7) is 2.19. The van der Waals surface area contributed by atoms with E-state index in [2.05, 4.69) is 0 Å². The SMILES string of the molecule is CC([NH-])CC[NH-].O=[N+]([O-])[O-].O=[N+]([O-])[O-].[Pt+4]. The predicted octanol–water partition coefficient (Wildman–Crippen LogP) is 1.39. The molecule has 0 saturated heterocycles. The number of rotatable bonds is 2. The summed E-state index contributed by atoms with van der Waals surface area (Å²) in [5.41, 5.74) is 13.5. The molecule has 0 aliphatic rings. The van der Waals surface area contributed by atoms with Gasteiger partial charge in [0.05, 0.1) is 10.2 Å². The average molecular weight is 405 g/mol. The summed E-state index contributed by atoms with van der Waals surface area (Å²) >= 11 is 0. The largest absolute Gasteiger partial charge is 4.00 e. The molecule has 0 heterocycles. The van der Waals surface area contributed by atoms with E-state index in [9.17, 15) is 0 Å². The van der Waals surface area contributed by atoms with Crippen LogP contribution in [-0.2, 0) is 21.1 Å². The van der Waals surface area contributed by atoms with Crippen molar-refractivity contribution in [2.45, 2.75) is 19.4 Å². The maximum atomic E-state index is 8.25. The fraction of sp³-hybridized carbons (Fsp3) is 1.00. The number of nitrogens with zero attached hydrogens (tertiary/aromatic N) is 2. The molecule has 2 N–H and O–H groups in total. The molecule has 10 nitrogen and oxygen atoms in total. The minimum absolute atomic E-state index is 0. The zero-order valence-corrected chi connectivity index (χ0v) is 9.92. The van der Waals surface area contributed by atoms with E-state index in [-0.39, 0.29) is 27.1 Å². The van der Waals surface area contributed by atoms with E-state index >= 15 is 0 Å². The van der Waals surface area contributed by atoms with Crippen molar-refractivity contribution in [1.82, 2.24) is 0 Å². The van der Waals surface area contributed by atoms with Gasteiger partial charge >= 0.3 is 21.1 Å². The van der Waals surface area contributed by atoms with Gasteiger partial charge in [0.25, 0.3) is 0 Å². The molecule has 15 heavy (non-hydrogen) atoms. The van der Waals surface area contributed by atoms with Gasteiger partial charge in [-0.05, 0) is 0 Å². The van der Waals surface area contributed by atoms with Gasteiger partial charge in [-0.1, -0.05) is 13.3 Å². The van der Waals surface area contributed by atoms with Crippen molar-refractivity contribution in [3.8, 4) is 0 Å². The summed E-state index contributed by atoms with van der Waals surface area (Å²) in [5.74, 6) is 0.